The SMILES string of the molecule is Cn1c(CN2C[C@@H]3C[C@H]2C(=O)N3c2ccccc2Cl)nc2ccccc21. The van der Waals surface area contributed by atoms with Crippen molar-refractivity contribution in [1.29, 1.82) is 0 Å². The van der Waals surface area contributed by atoms with Gasteiger partial charge in [-0.1, -0.05) is 35.9 Å². The number of hydrogen-bond acceptors (Lipinski definition) is 3. The van der Waals surface area contributed by atoms with E-state index >= 15 is 0 Å². The van der Waals surface area contributed by atoms with Crippen LogP contribution in [0.2, 0.25) is 5.02 Å². The number of nitrogens with zero attached hydrogens (tertiary/aromatic N) is 4. The van der Waals surface area contributed by atoms with Gasteiger partial charge in [-0.3, -0.25) is 9.69 Å². The molecule has 1 aromatic heterocycles. The molecule has 6 heteroatoms. The minimum atomic E-state index is -0.0870. The molecule has 2 bridgehead atoms. The lowest BCUT2D eigenvalue weighted by Gasteiger charge is -2.34. The molecule has 0 saturated carbocycles. The number of anilines is 1. The predicted molar refractivity (Wildman–Crippen MR) is 102 cm³/mol. The average molecular weight is 367 g/mol. The molecule has 0 unspecified atom stereocenters. The Balaban J connectivity index is 1.40. The number of hydrogen-bond donors (Lipinski definition) is 0. The van der Waals surface area contributed by atoms with E-state index in [1.807, 2.05) is 54.4 Å². The first-order valence-corrected chi connectivity index (χ1v) is 9.23. The van der Waals surface area contributed by atoms with Gasteiger partial charge in [-0.15, -0.1) is 0 Å². The first kappa shape index (κ1) is 15.9. The Kier molecular flexibility index (Phi) is 3.55. The van der Waals surface area contributed by atoms with Crippen molar-refractivity contribution in [3.05, 3.63) is 59.4 Å². The second kappa shape index (κ2) is 5.83. The average Bonchev–Trinajstić information content (AvgIpc) is 3.28. The van der Waals surface area contributed by atoms with Gasteiger partial charge in [-0.25, -0.2) is 4.98 Å². The lowest BCUT2D eigenvalue weighted by Crippen LogP contribution is -2.50. The normalized spacial score (nSPS) is 22.7. The van der Waals surface area contributed by atoms with Crippen molar-refractivity contribution >= 4 is 34.2 Å². The molecule has 132 valence electrons. The van der Waals surface area contributed by atoms with Crippen molar-refractivity contribution in [2.75, 3.05) is 11.4 Å². The van der Waals surface area contributed by atoms with Crippen molar-refractivity contribution in [3.8, 4) is 0 Å². The van der Waals surface area contributed by atoms with E-state index in [-0.39, 0.29) is 18.0 Å². The topological polar surface area (TPSA) is 41.4 Å². The second-order valence-corrected chi connectivity index (χ2v) is 7.48. The Morgan fingerprint density at radius 1 is 1.15 bits per heavy atom. The Morgan fingerprint density at radius 3 is 2.69 bits per heavy atom. The number of carbonyl (C=O) groups excluding carboxylic acids is 1. The van der Waals surface area contributed by atoms with Crippen LogP contribution in [0.3, 0.4) is 0 Å². The van der Waals surface area contributed by atoms with Crippen LogP contribution < -0.4 is 4.90 Å². The summed E-state index contributed by atoms with van der Waals surface area (Å²) in [6.45, 7) is 1.54. The molecule has 2 aromatic carbocycles. The monoisotopic (exact) mass is 366 g/mol. The van der Waals surface area contributed by atoms with Gasteiger partial charge in [0.15, 0.2) is 0 Å². The van der Waals surface area contributed by atoms with Crippen LogP contribution in [0.1, 0.15) is 12.2 Å². The number of aromatic nitrogens is 2. The van der Waals surface area contributed by atoms with Gasteiger partial charge < -0.3 is 9.47 Å². The van der Waals surface area contributed by atoms with Crippen LogP contribution >= 0.6 is 11.6 Å². The van der Waals surface area contributed by atoms with Gasteiger partial charge in [-0.2, -0.15) is 0 Å². The number of aryl methyl sites for hydroxylation is 1. The van der Waals surface area contributed by atoms with Crippen molar-refractivity contribution in [3.63, 3.8) is 0 Å². The fourth-order valence-corrected chi connectivity index (χ4v) is 4.55. The molecule has 3 heterocycles. The summed E-state index contributed by atoms with van der Waals surface area (Å²) in [5.41, 5.74) is 2.95. The smallest absolute Gasteiger partial charge is 0.244 e. The summed E-state index contributed by atoms with van der Waals surface area (Å²) < 4.78 is 2.12. The molecule has 5 rings (SSSR count). The van der Waals surface area contributed by atoms with Crippen LogP contribution in [-0.4, -0.2) is 39.0 Å². The Hall–Kier alpha value is -2.37. The molecule has 2 atom stereocenters. The highest BCUT2D eigenvalue weighted by atomic mass is 35.5. The number of imidazole rings is 1. The second-order valence-electron chi connectivity index (χ2n) is 7.07. The number of halogens is 1. The number of carbonyl (C=O) groups is 1. The zero-order valence-electron chi connectivity index (χ0n) is 14.5. The summed E-state index contributed by atoms with van der Waals surface area (Å²) in [7, 11) is 2.04. The highest BCUT2D eigenvalue weighted by Crippen LogP contribution is 2.39. The molecule has 2 aliphatic heterocycles. The van der Waals surface area contributed by atoms with Gasteiger partial charge in [-0.05, 0) is 30.7 Å². The third-order valence-electron chi connectivity index (χ3n) is 5.61. The lowest BCUT2D eigenvalue weighted by atomic mass is 10.2. The lowest BCUT2D eigenvalue weighted by molar-refractivity contribution is -0.122. The number of piperazine rings is 1. The van der Waals surface area contributed by atoms with Crippen molar-refractivity contribution < 1.29 is 4.79 Å². The van der Waals surface area contributed by atoms with Gasteiger partial charge in [0.25, 0.3) is 0 Å². The quantitative estimate of drug-likeness (QED) is 0.714. The van der Waals surface area contributed by atoms with E-state index in [4.69, 9.17) is 16.6 Å². The molecular weight excluding hydrogens is 348 g/mol. The largest absolute Gasteiger partial charge is 0.330 e. The van der Waals surface area contributed by atoms with Crippen LogP contribution in [0.15, 0.2) is 48.5 Å². The Labute approximate surface area is 156 Å². The van der Waals surface area contributed by atoms with Crippen molar-refractivity contribution in [2.24, 2.45) is 7.05 Å². The Morgan fingerprint density at radius 2 is 1.92 bits per heavy atom. The standard InChI is InChI=1S/C20H19ClN4O/c1-23-17-9-5-3-7-15(17)22-19(23)12-24-11-13-10-18(24)20(26)25(13)16-8-4-2-6-14(16)21/h2-9,13,18H,10-12H2,1H3/t13-,18-/m0/s1. The Bertz CT molecular complexity index is 1010. The predicted octanol–water partition coefficient (Wildman–Crippen LogP) is 3.22. The maximum atomic E-state index is 13.0. The van der Waals surface area contributed by atoms with Gasteiger partial charge in [0.1, 0.15) is 5.82 Å². The summed E-state index contributed by atoms with van der Waals surface area (Å²) in [6.07, 6.45) is 0.855. The molecule has 0 spiro atoms. The molecule has 2 fully saturated rings. The van der Waals surface area contributed by atoms with Crippen LogP contribution in [0.25, 0.3) is 11.0 Å². The maximum Gasteiger partial charge on any atom is 0.244 e. The van der Waals surface area contributed by atoms with Crippen LogP contribution in [0, 0.1) is 0 Å². The highest BCUT2D eigenvalue weighted by Gasteiger charge is 2.50. The van der Waals surface area contributed by atoms with Crippen molar-refractivity contribution in [2.45, 2.75) is 25.0 Å². The van der Waals surface area contributed by atoms with Gasteiger partial charge in [0.2, 0.25) is 5.91 Å². The number of likely N-dealkylation sites (tertiary alicyclic amines) is 1. The van der Waals surface area contributed by atoms with Crippen LogP contribution in [0.4, 0.5) is 5.69 Å². The maximum absolute atomic E-state index is 13.0. The summed E-state index contributed by atoms with van der Waals surface area (Å²) in [4.78, 5) is 21.9. The van der Waals surface area contributed by atoms with E-state index in [2.05, 4.69) is 15.5 Å². The van der Waals surface area contributed by atoms with Gasteiger partial charge >= 0.3 is 0 Å². The molecule has 26 heavy (non-hydrogen) atoms. The molecule has 2 aliphatic rings. The molecule has 0 N–H and O–H groups in total. The molecule has 3 aromatic rings. The molecule has 0 aliphatic carbocycles. The van der Waals surface area contributed by atoms with Crippen LogP contribution in [0.5, 0.6) is 0 Å². The summed E-state index contributed by atoms with van der Waals surface area (Å²) in [5.74, 6) is 1.14. The molecule has 5 nitrogen and oxygen atoms in total. The van der Waals surface area contributed by atoms with Gasteiger partial charge in [0.05, 0.1) is 40.4 Å². The third kappa shape index (κ3) is 2.27. The molecule has 2 saturated heterocycles. The number of para-hydroxylation sites is 3. The number of fused-ring (bicyclic) bond motifs is 3. The molecule has 0 radical (unpaired) electrons. The first-order chi connectivity index (χ1) is 12.6. The number of benzene rings is 2. The first-order valence-electron chi connectivity index (χ1n) is 8.85. The zero-order valence-corrected chi connectivity index (χ0v) is 15.2. The number of rotatable bonds is 3. The summed E-state index contributed by atoms with van der Waals surface area (Å²) in [5, 5.41) is 0.635. The number of amides is 1. The highest BCUT2D eigenvalue weighted by molar-refractivity contribution is 6.34. The van der Waals surface area contributed by atoms with E-state index in [0.717, 1.165) is 35.5 Å². The third-order valence-corrected chi connectivity index (χ3v) is 5.92. The summed E-state index contributed by atoms with van der Waals surface area (Å²) >= 11 is 6.32. The zero-order chi connectivity index (χ0) is 17.8. The van der Waals surface area contributed by atoms with E-state index in [1.54, 1.807) is 0 Å². The van der Waals surface area contributed by atoms with Gasteiger partial charge in [0, 0.05) is 13.6 Å². The fraction of sp³-hybridized carbons (Fsp3) is 0.300. The molecule has 1 amide bonds. The fourth-order valence-electron chi connectivity index (χ4n) is 4.32. The van der Waals surface area contributed by atoms with E-state index in [0.29, 0.717) is 11.6 Å². The van der Waals surface area contributed by atoms with Crippen LogP contribution in [-0.2, 0) is 18.4 Å². The molecular formula is C20H19ClN4O. The van der Waals surface area contributed by atoms with E-state index < -0.39 is 0 Å². The minimum Gasteiger partial charge on any atom is -0.330 e. The minimum absolute atomic E-state index is 0.0870. The van der Waals surface area contributed by atoms with E-state index in [9.17, 15) is 4.79 Å². The summed E-state index contributed by atoms with van der Waals surface area (Å²) in [6, 6.07) is 15.8. The van der Waals surface area contributed by atoms with Crippen molar-refractivity contribution in [1.82, 2.24) is 14.5 Å². The van der Waals surface area contributed by atoms with E-state index in [1.165, 1.54) is 0 Å².